The van der Waals surface area contributed by atoms with E-state index in [-0.39, 0.29) is 13.5 Å². The summed E-state index contributed by atoms with van der Waals surface area (Å²) >= 11 is 0. The second-order valence-electron chi connectivity index (χ2n) is 7.86. The molecule has 0 heterocycles. The monoisotopic (exact) mass is 288 g/mol. The summed E-state index contributed by atoms with van der Waals surface area (Å²) in [6.07, 6.45) is 8.66. The van der Waals surface area contributed by atoms with Crippen LogP contribution in [0.15, 0.2) is 0 Å². The third kappa shape index (κ3) is 8.27. The lowest BCUT2D eigenvalue weighted by Crippen LogP contribution is -2.32. The van der Waals surface area contributed by atoms with Crippen LogP contribution in [0.1, 0.15) is 93.9 Å². The minimum absolute atomic E-state index is 0. The Balaban J connectivity index is 0. The Morgan fingerprint density at radius 1 is 0.947 bits per heavy atom. The molecule has 19 heavy (non-hydrogen) atoms. The molecule has 1 heteroatoms. The lowest BCUT2D eigenvalue weighted by molar-refractivity contribution is 0.0783. The van der Waals surface area contributed by atoms with Crippen molar-refractivity contribution >= 4 is 13.5 Å². The predicted molar refractivity (Wildman–Crippen MR) is 95.3 cm³/mol. The van der Waals surface area contributed by atoms with E-state index >= 15 is 0 Å². The molecule has 0 N–H and O–H groups in total. The maximum atomic E-state index is 2.50. The molecule has 2 unspecified atom stereocenters. The van der Waals surface area contributed by atoms with E-state index in [0.717, 1.165) is 11.8 Å². The summed E-state index contributed by atoms with van der Waals surface area (Å²) in [6, 6.07) is 0. The second kappa shape index (κ2) is 9.32. The molecule has 0 saturated heterocycles. The molecule has 0 amide bonds. The van der Waals surface area contributed by atoms with Crippen LogP contribution in [0.2, 0.25) is 0 Å². The smallest absolute Gasteiger partial charge is 0.0321 e. The first-order chi connectivity index (χ1) is 8.24. The Labute approximate surface area is 130 Å². The van der Waals surface area contributed by atoms with E-state index in [1.807, 2.05) is 13.8 Å². The molecule has 1 aliphatic rings. The van der Waals surface area contributed by atoms with E-state index in [1.54, 1.807) is 0 Å². The molecule has 0 aromatic carbocycles. The highest BCUT2D eigenvalue weighted by molar-refractivity contribution is 7.59. The summed E-state index contributed by atoms with van der Waals surface area (Å²) in [4.78, 5) is 0. The van der Waals surface area contributed by atoms with Gasteiger partial charge in [-0.25, -0.2) is 0 Å². The molecule has 0 nitrogen and oxygen atoms in total. The SMILES string of the molecule is CC.CCC1CCCC(C(C)(C)CC(C)(C)C)C1.S. The highest BCUT2D eigenvalue weighted by Crippen LogP contribution is 2.46. The van der Waals surface area contributed by atoms with E-state index in [2.05, 4.69) is 41.5 Å². The topological polar surface area (TPSA) is 0 Å². The van der Waals surface area contributed by atoms with E-state index in [9.17, 15) is 0 Å². The minimum atomic E-state index is 0. The quantitative estimate of drug-likeness (QED) is 0.535. The van der Waals surface area contributed by atoms with Gasteiger partial charge in [-0.3, -0.25) is 0 Å². The van der Waals surface area contributed by atoms with Crippen molar-refractivity contribution in [2.75, 3.05) is 0 Å². The van der Waals surface area contributed by atoms with Crippen LogP contribution < -0.4 is 0 Å². The molecule has 1 aliphatic carbocycles. The highest BCUT2D eigenvalue weighted by Gasteiger charge is 2.35. The molecule has 1 rings (SSSR count). The summed E-state index contributed by atoms with van der Waals surface area (Å²) in [5.41, 5.74) is 1.01. The summed E-state index contributed by atoms with van der Waals surface area (Å²) in [6.45, 7) is 18.5. The van der Waals surface area contributed by atoms with Crippen LogP contribution in [0.5, 0.6) is 0 Å². The average Bonchev–Trinajstić information content (AvgIpc) is 2.29. The number of hydrogen-bond donors (Lipinski definition) is 0. The highest BCUT2D eigenvalue weighted by atomic mass is 32.1. The van der Waals surface area contributed by atoms with Gasteiger partial charge in [0.15, 0.2) is 0 Å². The molecule has 0 spiro atoms. The van der Waals surface area contributed by atoms with Crippen molar-refractivity contribution in [3.63, 3.8) is 0 Å². The lowest BCUT2D eigenvalue weighted by atomic mass is 9.63. The maximum absolute atomic E-state index is 2.50. The van der Waals surface area contributed by atoms with Crippen LogP contribution in [-0.2, 0) is 0 Å². The van der Waals surface area contributed by atoms with Gasteiger partial charge in [0.1, 0.15) is 0 Å². The van der Waals surface area contributed by atoms with Crippen LogP contribution >= 0.6 is 13.5 Å². The fourth-order valence-electron chi connectivity index (χ4n) is 3.88. The first-order valence-corrected chi connectivity index (χ1v) is 8.24. The lowest BCUT2D eigenvalue weighted by Gasteiger charge is -2.43. The normalized spacial score (nSPS) is 24.0. The summed E-state index contributed by atoms with van der Waals surface area (Å²) in [5.74, 6) is 1.98. The molecule has 0 aromatic heterocycles. The van der Waals surface area contributed by atoms with Gasteiger partial charge in [0.2, 0.25) is 0 Å². The molecule has 0 radical (unpaired) electrons. The molecule has 0 aliphatic heterocycles. The van der Waals surface area contributed by atoms with Crippen molar-refractivity contribution in [2.24, 2.45) is 22.7 Å². The molecule has 1 saturated carbocycles. The van der Waals surface area contributed by atoms with Crippen molar-refractivity contribution in [3.05, 3.63) is 0 Å². The fourth-order valence-corrected chi connectivity index (χ4v) is 3.88. The van der Waals surface area contributed by atoms with Crippen LogP contribution in [0, 0.1) is 22.7 Å². The van der Waals surface area contributed by atoms with Crippen LogP contribution in [-0.4, -0.2) is 0 Å². The van der Waals surface area contributed by atoms with Crippen molar-refractivity contribution in [3.8, 4) is 0 Å². The zero-order valence-corrected chi connectivity index (χ0v) is 15.9. The van der Waals surface area contributed by atoms with E-state index in [1.165, 1.54) is 38.5 Å². The number of hydrogen-bond acceptors (Lipinski definition) is 0. The number of rotatable bonds is 3. The Morgan fingerprint density at radius 3 is 1.89 bits per heavy atom. The Hall–Kier alpha value is 0.350. The van der Waals surface area contributed by atoms with Gasteiger partial charge in [0, 0.05) is 0 Å². The van der Waals surface area contributed by atoms with Crippen LogP contribution in [0.3, 0.4) is 0 Å². The molecular formula is C18H40S. The molecule has 0 aromatic rings. The average molecular weight is 289 g/mol. The zero-order chi connectivity index (χ0) is 14.4. The molecule has 2 atom stereocenters. The first-order valence-electron chi connectivity index (χ1n) is 8.24. The summed E-state index contributed by atoms with van der Waals surface area (Å²) in [7, 11) is 0. The largest absolute Gasteiger partial charge is 0.197 e. The summed E-state index contributed by atoms with van der Waals surface area (Å²) in [5, 5.41) is 0. The van der Waals surface area contributed by atoms with Gasteiger partial charge in [-0.15, -0.1) is 0 Å². The van der Waals surface area contributed by atoms with Gasteiger partial charge in [-0.1, -0.05) is 74.7 Å². The van der Waals surface area contributed by atoms with Crippen molar-refractivity contribution in [2.45, 2.75) is 93.9 Å². The van der Waals surface area contributed by atoms with Gasteiger partial charge in [-0.2, -0.15) is 13.5 Å². The molecule has 118 valence electrons. The molecular weight excluding hydrogens is 248 g/mol. The van der Waals surface area contributed by atoms with Crippen molar-refractivity contribution < 1.29 is 0 Å². The van der Waals surface area contributed by atoms with Crippen LogP contribution in [0.4, 0.5) is 0 Å². The van der Waals surface area contributed by atoms with E-state index in [4.69, 9.17) is 0 Å². The standard InChI is InChI=1S/C16H32.C2H6.H2S/c1-7-13-9-8-10-14(11-13)16(5,6)12-15(2,3)4;1-2;/h13-14H,7-12H2,1-6H3;1-2H3;1H2. The Kier molecular flexibility index (Phi) is 10.6. The van der Waals surface area contributed by atoms with Gasteiger partial charge >= 0.3 is 0 Å². The van der Waals surface area contributed by atoms with E-state index < -0.39 is 0 Å². The first kappa shape index (κ1) is 21.6. The van der Waals surface area contributed by atoms with Gasteiger partial charge in [0.25, 0.3) is 0 Å². The minimum Gasteiger partial charge on any atom is -0.197 e. The van der Waals surface area contributed by atoms with Crippen LogP contribution in [0.25, 0.3) is 0 Å². The predicted octanol–water partition coefficient (Wildman–Crippen LogP) is 6.80. The van der Waals surface area contributed by atoms with Gasteiger partial charge in [0.05, 0.1) is 0 Å². The summed E-state index contributed by atoms with van der Waals surface area (Å²) < 4.78 is 0. The van der Waals surface area contributed by atoms with Crippen molar-refractivity contribution in [1.29, 1.82) is 0 Å². The molecule has 1 fully saturated rings. The van der Waals surface area contributed by atoms with E-state index in [0.29, 0.717) is 10.8 Å². The Bertz CT molecular complexity index is 212. The second-order valence-corrected chi connectivity index (χ2v) is 7.86. The third-order valence-electron chi connectivity index (χ3n) is 4.45. The van der Waals surface area contributed by atoms with Gasteiger partial charge < -0.3 is 0 Å². The van der Waals surface area contributed by atoms with Crippen molar-refractivity contribution in [1.82, 2.24) is 0 Å². The van der Waals surface area contributed by atoms with Gasteiger partial charge in [-0.05, 0) is 41.9 Å². The third-order valence-corrected chi connectivity index (χ3v) is 4.45. The maximum Gasteiger partial charge on any atom is -0.0321 e. The fraction of sp³-hybridized carbons (Fsp3) is 1.00. The molecule has 0 bridgehead atoms. The zero-order valence-electron chi connectivity index (χ0n) is 14.9. The Morgan fingerprint density at radius 2 is 1.47 bits per heavy atom.